The molecule has 0 fully saturated rings. The number of nitrogens with two attached hydrogens (primary N) is 1. The molecule has 1 unspecified atom stereocenters. The number of para-hydroxylation sites is 1. The molecule has 0 bridgehead atoms. The number of hydrogen-bond donors (Lipinski definition) is 2. The van der Waals surface area contributed by atoms with Crippen molar-refractivity contribution in [2.24, 2.45) is 5.73 Å². The monoisotopic (exact) mass is 306 g/mol. The third-order valence-corrected chi connectivity index (χ3v) is 3.45. The van der Waals surface area contributed by atoms with Gasteiger partial charge in [-0.1, -0.05) is 18.2 Å². The lowest BCUT2D eigenvalue weighted by atomic mass is 10.0. The van der Waals surface area contributed by atoms with Crippen LogP contribution in [0.1, 0.15) is 31.9 Å². The van der Waals surface area contributed by atoms with Crippen molar-refractivity contribution in [3.05, 3.63) is 29.3 Å². The first-order valence-corrected chi connectivity index (χ1v) is 7.28. The fourth-order valence-electron chi connectivity index (χ4n) is 2.53. The fourth-order valence-corrected chi connectivity index (χ4v) is 2.53. The van der Waals surface area contributed by atoms with Crippen LogP contribution in [0.15, 0.2) is 18.2 Å². The van der Waals surface area contributed by atoms with E-state index in [9.17, 15) is 9.59 Å². The van der Waals surface area contributed by atoms with Crippen molar-refractivity contribution in [1.82, 2.24) is 0 Å². The van der Waals surface area contributed by atoms with Gasteiger partial charge in [0, 0.05) is 13.0 Å². The molecular formula is C16H22N2O4. The van der Waals surface area contributed by atoms with Crippen molar-refractivity contribution in [2.45, 2.75) is 45.3 Å². The topological polar surface area (TPSA) is 92.9 Å². The minimum absolute atomic E-state index is 0.178. The molecule has 6 nitrogen and oxygen atoms in total. The zero-order chi connectivity index (χ0) is 16.5. The largest absolute Gasteiger partial charge is 0.480 e. The number of aliphatic carboxylic acids is 1. The highest BCUT2D eigenvalue weighted by molar-refractivity contribution is 5.92. The first kappa shape index (κ1) is 16.3. The second kappa shape index (κ2) is 5.96. The molecule has 2 rings (SSSR count). The van der Waals surface area contributed by atoms with E-state index < -0.39 is 23.7 Å². The number of carboxylic acids is 1. The molecule has 120 valence electrons. The summed E-state index contributed by atoms with van der Waals surface area (Å²) in [7, 11) is 0. The van der Waals surface area contributed by atoms with Gasteiger partial charge in [-0.2, -0.15) is 0 Å². The van der Waals surface area contributed by atoms with E-state index in [1.165, 1.54) is 0 Å². The summed E-state index contributed by atoms with van der Waals surface area (Å²) in [6, 6.07) is 4.62. The van der Waals surface area contributed by atoms with Crippen LogP contribution in [0.3, 0.4) is 0 Å². The Morgan fingerprint density at radius 1 is 1.41 bits per heavy atom. The maximum Gasteiger partial charge on any atom is 0.414 e. The first-order chi connectivity index (χ1) is 10.2. The highest BCUT2D eigenvalue weighted by atomic mass is 16.6. The lowest BCUT2D eigenvalue weighted by Gasteiger charge is -2.26. The van der Waals surface area contributed by atoms with Gasteiger partial charge in [-0.25, -0.2) is 4.79 Å². The Balaban J connectivity index is 2.29. The van der Waals surface area contributed by atoms with E-state index in [1.54, 1.807) is 4.90 Å². The summed E-state index contributed by atoms with van der Waals surface area (Å²) < 4.78 is 5.43. The number of rotatable bonds is 3. The van der Waals surface area contributed by atoms with Crippen LogP contribution in [0, 0.1) is 0 Å². The van der Waals surface area contributed by atoms with E-state index in [0.29, 0.717) is 6.54 Å². The summed E-state index contributed by atoms with van der Waals surface area (Å²) in [4.78, 5) is 24.9. The molecule has 0 radical (unpaired) electrons. The molecule has 0 saturated carbocycles. The maximum atomic E-state index is 12.4. The molecule has 3 N–H and O–H groups in total. The van der Waals surface area contributed by atoms with Crippen LogP contribution >= 0.6 is 0 Å². The minimum Gasteiger partial charge on any atom is -0.480 e. The van der Waals surface area contributed by atoms with Crippen LogP contribution in [-0.4, -0.2) is 35.4 Å². The summed E-state index contributed by atoms with van der Waals surface area (Å²) in [6.45, 7) is 5.97. The first-order valence-electron chi connectivity index (χ1n) is 7.28. The predicted octanol–water partition coefficient (Wildman–Crippen LogP) is 1.94. The minimum atomic E-state index is -1.06. The Labute approximate surface area is 129 Å². The number of carboxylic acid groups (broad SMARTS) is 1. The van der Waals surface area contributed by atoms with Gasteiger partial charge in [0.25, 0.3) is 0 Å². The molecule has 1 amide bonds. The van der Waals surface area contributed by atoms with Crippen molar-refractivity contribution in [3.8, 4) is 0 Å². The molecule has 0 aromatic heterocycles. The smallest absolute Gasteiger partial charge is 0.414 e. The summed E-state index contributed by atoms with van der Waals surface area (Å²) in [6.07, 6.45) is 0.491. The number of fused-ring (bicyclic) bond motifs is 1. The van der Waals surface area contributed by atoms with Crippen molar-refractivity contribution in [3.63, 3.8) is 0 Å². The van der Waals surface area contributed by atoms with Gasteiger partial charge in [0.1, 0.15) is 11.6 Å². The second-order valence-corrected chi connectivity index (χ2v) is 6.46. The Kier molecular flexibility index (Phi) is 4.42. The Morgan fingerprint density at radius 3 is 2.68 bits per heavy atom. The van der Waals surface area contributed by atoms with Gasteiger partial charge < -0.3 is 15.6 Å². The number of benzene rings is 1. The second-order valence-electron chi connectivity index (χ2n) is 6.46. The van der Waals surface area contributed by atoms with Crippen LogP contribution in [0.25, 0.3) is 0 Å². The Morgan fingerprint density at radius 2 is 2.09 bits per heavy atom. The van der Waals surface area contributed by atoms with E-state index >= 15 is 0 Å². The lowest BCUT2D eigenvalue weighted by molar-refractivity contribution is -0.138. The van der Waals surface area contributed by atoms with Gasteiger partial charge in [0.15, 0.2) is 0 Å². The van der Waals surface area contributed by atoms with Crippen LogP contribution < -0.4 is 10.6 Å². The van der Waals surface area contributed by atoms with Crippen molar-refractivity contribution >= 4 is 17.7 Å². The Hall–Kier alpha value is -2.08. The molecule has 1 aliphatic rings. The zero-order valence-corrected chi connectivity index (χ0v) is 13.1. The fraction of sp³-hybridized carbons (Fsp3) is 0.500. The van der Waals surface area contributed by atoms with Gasteiger partial charge >= 0.3 is 12.1 Å². The van der Waals surface area contributed by atoms with Gasteiger partial charge in [0.2, 0.25) is 0 Å². The summed E-state index contributed by atoms with van der Waals surface area (Å²) >= 11 is 0. The SMILES string of the molecule is CC(C)(C)OC(=O)N1CCc2cccc(CC(N)C(=O)O)c21. The molecule has 0 aliphatic carbocycles. The van der Waals surface area contributed by atoms with E-state index in [0.717, 1.165) is 23.2 Å². The number of carbonyl (C=O) groups excluding carboxylic acids is 1. The molecule has 1 atom stereocenters. The van der Waals surface area contributed by atoms with E-state index in [1.807, 2.05) is 39.0 Å². The lowest BCUT2D eigenvalue weighted by Crippen LogP contribution is -2.37. The van der Waals surface area contributed by atoms with Crippen LogP contribution in [-0.2, 0) is 22.4 Å². The number of carbonyl (C=O) groups is 2. The van der Waals surface area contributed by atoms with Crippen LogP contribution in [0.2, 0.25) is 0 Å². The molecule has 0 spiro atoms. The van der Waals surface area contributed by atoms with Gasteiger partial charge in [-0.15, -0.1) is 0 Å². The van der Waals surface area contributed by atoms with Crippen LogP contribution in [0.4, 0.5) is 10.5 Å². The van der Waals surface area contributed by atoms with Gasteiger partial charge in [0.05, 0.1) is 5.69 Å². The third-order valence-electron chi connectivity index (χ3n) is 3.45. The number of amides is 1. The molecule has 1 aromatic rings. The zero-order valence-electron chi connectivity index (χ0n) is 13.1. The van der Waals surface area contributed by atoms with Crippen molar-refractivity contribution in [1.29, 1.82) is 0 Å². The average molecular weight is 306 g/mol. The van der Waals surface area contributed by atoms with Gasteiger partial charge in [-0.05, 0) is 38.3 Å². The number of anilines is 1. The maximum absolute atomic E-state index is 12.4. The quantitative estimate of drug-likeness (QED) is 0.890. The third kappa shape index (κ3) is 3.57. The summed E-state index contributed by atoms with van der Waals surface area (Å²) in [5, 5.41) is 8.99. The van der Waals surface area contributed by atoms with E-state index in [-0.39, 0.29) is 6.42 Å². The molecule has 1 heterocycles. The molecule has 6 heteroatoms. The standard InChI is InChI=1S/C16H22N2O4/c1-16(2,3)22-15(21)18-8-7-10-5-4-6-11(13(10)18)9-12(17)14(19)20/h4-6,12H,7-9,17H2,1-3H3,(H,19,20). The molecular weight excluding hydrogens is 284 g/mol. The Bertz CT molecular complexity index is 592. The number of ether oxygens (including phenoxy) is 1. The molecule has 1 aliphatic heterocycles. The average Bonchev–Trinajstić information content (AvgIpc) is 2.81. The predicted molar refractivity (Wildman–Crippen MR) is 83.0 cm³/mol. The van der Waals surface area contributed by atoms with Crippen molar-refractivity contribution in [2.75, 3.05) is 11.4 Å². The van der Waals surface area contributed by atoms with Crippen molar-refractivity contribution < 1.29 is 19.4 Å². The number of nitrogens with zero attached hydrogens (tertiary/aromatic N) is 1. The molecule has 22 heavy (non-hydrogen) atoms. The normalized spacial score (nSPS) is 15.4. The van der Waals surface area contributed by atoms with Crippen LogP contribution in [0.5, 0.6) is 0 Å². The van der Waals surface area contributed by atoms with Gasteiger partial charge in [-0.3, -0.25) is 9.69 Å². The van der Waals surface area contributed by atoms with E-state index in [4.69, 9.17) is 15.6 Å². The number of hydrogen-bond acceptors (Lipinski definition) is 4. The summed E-state index contributed by atoms with van der Waals surface area (Å²) in [5.74, 6) is -1.06. The highest BCUT2D eigenvalue weighted by Gasteiger charge is 2.31. The van der Waals surface area contributed by atoms with E-state index in [2.05, 4.69) is 0 Å². The molecule has 0 saturated heterocycles. The molecule has 1 aromatic carbocycles. The highest BCUT2D eigenvalue weighted by Crippen LogP contribution is 2.33. The summed E-state index contributed by atoms with van der Waals surface area (Å²) in [5.41, 5.74) is 7.57.